The van der Waals surface area contributed by atoms with Crippen LogP contribution in [0.5, 0.6) is 0 Å². The van der Waals surface area contributed by atoms with Crippen molar-refractivity contribution in [1.82, 2.24) is 24.6 Å². The molecule has 0 saturated carbocycles. The van der Waals surface area contributed by atoms with Crippen LogP contribution in [-0.4, -0.2) is 51.0 Å². The Labute approximate surface area is 179 Å². The maximum Gasteiger partial charge on any atom is 0.168 e. The molecule has 0 spiro atoms. The number of morpholine rings is 1. The van der Waals surface area contributed by atoms with Crippen LogP contribution >= 0.6 is 0 Å². The number of benzene rings is 2. The Kier molecular flexibility index (Phi) is 5.56. The van der Waals surface area contributed by atoms with Gasteiger partial charge in [-0.3, -0.25) is 4.90 Å². The summed E-state index contributed by atoms with van der Waals surface area (Å²) in [6, 6.07) is 14.6. The zero-order chi connectivity index (χ0) is 21.0. The number of rotatable bonds is 6. The Bertz CT molecular complexity index is 1170. The van der Waals surface area contributed by atoms with Gasteiger partial charge in [0, 0.05) is 26.2 Å². The predicted octanol–water partition coefficient (Wildman–Crippen LogP) is 3.40. The van der Waals surface area contributed by atoms with Gasteiger partial charge < -0.3 is 10.1 Å². The minimum atomic E-state index is -0.284. The van der Waals surface area contributed by atoms with Gasteiger partial charge in [-0.25, -0.2) is 19.0 Å². The molecule has 1 aliphatic rings. The molecular formula is C23H23FN6O. The van der Waals surface area contributed by atoms with E-state index in [4.69, 9.17) is 4.74 Å². The van der Waals surface area contributed by atoms with E-state index < -0.39 is 0 Å². The van der Waals surface area contributed by atoms with E-state index in [1.807, 2.05) is 0 Å². The van der Waals surface area contributed by atoms with Crippen molar-refractivity contribution in [1.29, 1.82) is 0 Å². The van der Waals surface area contributed by atoms with Crippen molar-refractivity contribution in [3.8, 4) is 5.69 Å². The number of halogens is 1. The lowest BCUT2D eigenvalue weighted by atomic mass is 10.1. The van der Waals surface area contributed by atoms with E-state index in [-0.39, 0.29) is 5.82 Å². The Morgan fingerprint density at radius 2 is 1.74 bits per heavy atom. The van der Waals surface area contributed by atoms with E-state index in [1.165, 1.54) is 29.6 Å². The van der Waals surface area contributed by atoms with Crippen molar-refractivity contribution in [3.63, 3.8) is 0 Å². The average molecular weight is 418 g/mol. The maximum absolute atomic E-state index is 13.3. The first-order valence-electron chi connectivity index (χ1n) is 10.3. The number of nitrogens with one attached hydrogen (secondary N) is 1. The van der Waals surface area contributed by atoms with Crippen molar-refractivity contribution in [2.45, 2.75) is 13.1 Å². The number of aromatic nitrogens is 4. The number of hydrogen-bond acceptors (Lipinski definition) is 6. The molecule has 0 atom stereocenters. The van der Waals surface area contributed by atoms with Crippen LogP contribution < -0.4 is 5.32 Å². The molecule has 7 nitrogen and oxygen atoms in total. The Morgan fingerprint density at radius 3 is 2.55 bits per heavy atom. The fourth-order valence-corrected chi connectivity index (χ4v) is 3.82. The molecule has 4 aromatic rings. The van der Waals surface area contributed by atoms with E-state index in [0.29, 0.717) is 12.2 Å². The first kappa shape index (κ1) is 19.6. The fourth-order valence-electron chi connectivity index (χ4n) is 3.82. The quantitative estimate of drug-likeness (QED) is 0.518. The smallest absolute Gasteiger partial charge is 0.168 e. The highest BCUT2D eigenvalue weighted by Gasteiger charge is 2.14. The SMILES string of the molecule is Fc1ccc(-n2ncc3c(NCc4ccccc4CN4CCOCC4)ncnc32)cc1. The van der Waals surface area contributed by atoms with Gasteiger partial charge in [0.1, 0.15) is 18.0 Å². The maximum atomic E-state index is 13.3. The largest absolute Gasteiger partial charge is 0.379 e. The summed E-state index contributed by atoms with van der Waals surface area (Å²) in [4.78, 5) is 11.2. The second kappa shape index (κ2) is 8.79. The number of hydrogen-bond donors (Lipinski definition) is 1. The topological polar surface area (TPSA) is 68.1 Å². The fraction of sp³-hybridized carbons (Fsp3) is 0.261. The minimum Gasteiger partial charge on any atom is -0.379 e. The third-order valence-corrected chi connectivity index (χ3v) is 5.50. The molecule has 0 amide bonds. The lowest BCUT2D eigenvalue weighted by molar-refractivity contribution is 0.0341. The van der Waals surface area contributed by atoms with Crippen LogP contribution in [0.4, 0.5) is 10.2 Å². The summed E-state index contributed by atoms with van der Waals surface area (Å²) in [5.74, 6) is 0.437. The van der Waals surface area contributed by atoms with E-state index >= 15 is 0 Å². The third kappa shape index (κ3) is 4.26. The molecule has 2 aromatic carbocycles. The zero-order valence-corrected chi connectivity index (χ0v) is 17.0. The van der Waals surface area contributed by atoms with Gasteiger partial charge in [0.2, 0.25) is 0 Å². The van der Waals surface area contributed by atoms with E-state index in [1.54, 1.807) is 23.0 Å². The minimum absolute atomic E-state index is 0.284. The summed E-state index contributed by atoms with van der Waals surface area (Å²) >= 11 is 0. The van der Waals surface area contributed by atoms with Gasteiger partial charge in [-0.15, -0.1) is 0 Å². The van der Waals surface area contributed by atoms with Gasteiger partial charge in [-0.2, -0.15) is 5.10 Å². The van der Waals surface area contributed by atoms with Crippen LogP contribution in [0.3, 0.4) is 0 Å². The predicted molar refractivity (Wildman–Crippen MR) is 116 cm³/mol. The highest BCUT2D eigenvalue weighted by atomic mass is 19.1. The first-order valence-corrected chi connectivity index (χ1v) is 10.3. The summed E-state index contributed by atoms with van der Waals surface area (Å²) in [7, 11) is 0. The van der Waals surface area contributed by atoms with Gasteiger partial charge in [0.05, 0.1) is 30.5 Å². The molecule has 3 heterocycles. The van der Waals surface area contributed by atoms with Crippen molar-refractivity contribution in [2.24, 2.45) is 0 Å². The summed E-state index contributed by atoms with van der Waals surface area (Å²) in [6.07, 6.45) is 3.26. The number of ether oxygens (including phenoxy) is 1. The number of fused-ring (bicyclic) bond motifs is 1. The van der Waals surface area contributed by atoms with Gasteiger partial charge in [0.15, 0.2) is 5.65 Å². The molecule has 0 bridgehead atoms. The van der Waals surface area contributed by atoms with Crippen molar-refractivity contribution in [3.05, 3.63) is 78.0 Å². The second-order valence-electron chi connectivity index (χ2n) is 7.50. The Morgan fingerprint density at radius 1 is 0.968 bits per heavy atom. The standard InChI is InChI=1S/C23H23FN6O/c24-19-5-7-20(8-6-19)30-23-21(14-28-30)22(26-16-27-23)25-13-17-3-1-2-4-18(17)15-29-9-11-31-12-10-29/h1-8,14,16H,9-13,15H2,(H,25,26,27). The summed E-state index contributed by atoms with van der Waals surface area (Å²) < 4.78 is 20.4. The van der Waals surface area contributed by atoms with E-state index in [0.717, 1.165) is 49.7 Å². The van der Waals surface area contributed by atoms with Crippen LogP contribution in [-0.2, 0) is 17.8 Å². The van der Waals surface area contributed by atoms with Crippen LogP contribution in [0.25, 0.3) is 16.7 Å². The normalized spacial score (nSPS) is 14.7. The van der Waals surface area contributed by atoms with Gasteiger partial charge in [0.25, 0.3) is 0 Å². The molecular weight excluding hydrogens is 395 g/mol. The third-order valence-electron chi connectivity index (χ3n) is 5.50. The molecule has 5 rings (SSSR count). The lowest BCUT2D eigenvalue weighted by Crippen LogP contribution is -2.35. The highest BCUT2D eigenvalue weighted by Crippen LogP contribution is 2.23. The van der Waals surface area contributed by atoms with Gasteiger partial charge >= 0.3 is 0 Å². The van der Waals surface area contributed by atoms with Crippen LogP contribution in [0.15, 0.2) is 61.1 Å². The molecule has 1 fully saturated rings. The number of anilines is 1. The van der Waals surface area contributed by atoms with Crippen molar-refractivity contribution < 1.29 is 9.13 Å². The van der Waals surface area contributed by atoms with E-state index in [9.17, 15) is 4.39 Å². The summed E-state index contributed by atoms with van der Waals surface area (Å²) in [6.45, 7) is 5.04. The van der Waals surface area contributed by atoms with Gasteiger partial charge in [-0.1, -0.05) is 24.3 Å². The molecule has 158 valence electrons. The molecule has 1 saturated heterocycles. The van der Waals surface area contributed by atoms with Crippen LogP contribution in [0.1, 0.15) is 11.1 Å². The molecule has 1 N–H and O–H groups in total. The Balaban J connectivity index is 1.36. The Hall–Kier alpha value is -3.36. The number of nitrogens with zero attached hydrogens (tertiary/aromatic N) is 5. The van der Waals surface area contributed by atoms with E-state index in [2.05, 4.69) is 49.5 Å². The lowest BCUT2D eigenvalue weighted by Gasteiger charge is -2.27. The van der Waals surface area contributed by atoms with Crippen LogP contribution in [0, 0.1) is 5.82 Å². The van der Waals surface area contributed by atoms with Crippen LogP contribution in [0.2, 0.25) is 0 Å². The monoisotopic (exact) mass is 418 g/mol. The molecule has 0 unspecified atom stereocenters. The van der Waals surface area contributed by atoms with Crippen molar-refractivity contribution >= 4 is 16.9 Å². The highest BCUT2D eigenvalue weighted by molar-refractivity contribution is 5.87. The molecule has 1 aliphatic heterocycles. The molecule has 8 heteroatoms. The zero-order valence-electron chi connectivity index (χ0n) is 17.0. The second-order valence-corrected chi connectivity index (χ2v) is 7.50. The molecule has 0 aliphatic carbocycles. The van der Waals surface area contributed by atoms with Gasteiger partial charge in [-0.05, 0) is 35.4 Å². The first-order chi connectivity index (χ1) is 15.3. The molecule has 31 heavy (non-hydrogen) atoms. The summed E-state index contributed by atoms with van der Waals surface area (Å²) in [5.41, 5.74) is 3.94. The average Bonchev–Trinajstić information content (AvgIpc) is 3.25. The molecule has 2 aromatic heterocycles. The molecule has 0 radical (unpaired) electrons. The summed E-state index contributed by atoms with van der Waals surface area (Å²) in [5, 5.41) is 8.70. The van der Waals surface area contributed by atoms with Crippen molar-refractivity contribution in [2.75, 3.05) is 31.6 Å².